The van der Waals surface area contributed by atoms with Crippen LogP contribution in [-0.2, 0) is 4.74 Å². The second kappa shape index (κ2) is 7.61. The van der Waals surface area contributed by atoms with Crippen LogP contribution in [0.15, 0.2) is 89.7 Å². The number of benzene rings is 3. The minimum Gasteiger partial charge on any atom is -0.462 e. The Balaban J connectivity index is 2.05. The van der Waals surface area contributed by atoms with Crippen molar-refractivity contribution in [1.29, 1.82) is 0 Å². The van der Waals surface area contributed by atoms with Gasteiger partial charge in [-0.25, -0.2) is 4.79 Å². The van der Waals surface area contributed by atoms with Gasteiger partial charge in [-0.1, -0.05) is 66.7 Å². The Hall–Kier alpha value is -4.12. The number of carbonyl (C=O) groups excluding carboxylic acids is 1. The molecule has 0 spiro atoms. The number of esters is 1. The molecule has 0 radical (unpaired) electrons. The van der Waals surface area contributed by atoms with E-state index in [4.69, 9.17) is 4.74 Å². The lowest BCUT2D eigenvalue weighted by atomic mass is 9.99. The van der Waals surface area contributed by atoms with Crippen molar-refractivity contribution in [2.45, 2.75) is 6.92 Å². The summed E-state index contributed by atoms with van der Waals surface area (Å²) in [7, 11) is 0. The number of H-pyrrole nitrogens is 1. The SMILES string of the molecule is CCOC(=O)c1c(-c2ccccc2)n(-c2ccccc2)c(=O)c2[nH]c3ccccc3c12. The van der Waals surface area contributed by atoms with Crippen LogP contribution in [0.4, 0.5) is 0 Å². The summed E-state index contributed by atoms with van der Waals surface area (Å²) in [6.07, 6.45) is 0. The molecule has 0 aliphatic rings. The van der Waals surface area contributed by atoms with Crippen LogP contribution in [0, 0.1) is 0 Å². The molecule has 0 amide bonds. The summed E-state index contributed by atoms with van der Waals surface area (Å²) in [5, 5.41) is 1.40. The maximum atomic E-state index is 13.8. The Labute approximate surface area is 178 Å². The van der Waals surface area contributed by atoms with Crippen LogP contribution in [-0.4, -0.2) is 22.1 Å². The first-order chi connectivity index (χ1) is 15.2. The number of nitrogens with one attached hydrogen (secondary N) is 1. The number of para-hydroxylation sites is 2. The van der Waals surface area contributed by atoms with Crippen molar-refractivity contribution in [3.8, 4) is 16.9 Å². The smallest absolute Gasteiger partial charge is 0.341 e. The lowest BCUT2D eigenvalue weighted by Crippen LogP contribution is -2.24. The fourth-order valence-electron chi connectivity index (χ4n) is 4.10. The van der Waals surface area contributed by atoms with Crippen molar-refractivity contribution in [2.75, 3.05) is 6.61 Å². The molecule has 3 aromatic carbocycles. The van der Waals surface area contributed by atoms with Gasteiger partial charge in [0, 0.05) is 22.0 Å². The van der Waals surface area contributed by atoms with E-state index in [9.17, 15) is 9.59 Å². The molecule has 0 saturated heterocycles. The predicted octanol–water partition coefficient (Wildman–Crippen LogP) is 5.32. The number of pyridine rings is 1. The predicted molar refractivity (Wildman–Crippen MR) is 123 cm³/mol. The van der Waals surface area contributed by atoms with E-state index in [0.717, 1.165) is 16.5 Å². The van der Waals surface area contributed by atoms with Gasteiger partial charge < -0.3 is 9.72 Å². The average Bonchev–Trinajstić information content (AvgIpc) is 3.20. The molecule has 5 rings (SSSR count). The Morgan fingerprint density at radius 3 is 2.26 bits per heavy atom. The molecule has 152 valence electrons. The summed E-state index contributed by atoms with van der Waals surface area (Å²) in [6.45, 7) is 2.01. The van der Waals surface area contributed by atoms with Gasteiger partial charge in [0.2, 0.25) is 0 Å². The van der Waals surface area contributed by atoms with E-state index in [1.807, 2.05) is 84.9 Å². The molecule has 2 heterocycles. The maximum Gasteiger partial charge on any atom is 0.341 e. The second-order valence-corrected chi connectivity index (χ2v) is 7.21. The number of hydrogen-bond donors (Lipinski definition) is 1. The first kappa shape index (κ1) is 18.9. The van der Waals surface area contributed by atoms with Crippen molar-refractivity contribution in [3.63, 3.8) is 0 Å². The third-order valence-electron chi connectivity index (χ3n) is 5.37. The van der Waals surface area contributed by atoms with Crippen LogP contribution in [0.3, 0.4) is 0 Å². The maximum absolute atomic E-state index is 13.8. The summed E-state index contributed by atoms with van der Waals surface area (Å²) < 4.78 is 7.08. The fourth-order valence-corrected chi connectivity index (χ4v) is 4.10. The van der Waals surface area contributed by atoms with Gasteiger partial charge >= 0.3 is 5.97 Å². The number of aromatic amines is 1. The lowest BCUT2D eigenvalue weighted by molar-refractivity contribution is 0.0529. The Morgan fingerprint density at radius 2 is 1.55 bits per heavy atom. The number of hydrogen-bond acceptors (Lipinski definition) is 3. The molecule has 0 unspecified atom stereocenters. The van der Waals surface area contributed by atoms with Crippen molar-refractivity contribution in [1.82, 2.24) is 9.55 Å². The minimum absolute atomic E-state index is 0.218. The van der Waals surface area contributed by atoms with E-state index in [2.05, 4.69) is 4.98 Å². The van der Waals surface area contributed by atoms with Gasteiger partial charge in [-0.2, -0.15) is 0 Å². The van der Waals surface area contributed by atoms with Gasteiger partial charge in [0.1, 0.15) is 5.52 Å². The topological polar surface area (TPSA) is 64.1 Å². The average molecular weight is 408 g/mol. The van der Waals surface area contributed by atoms with Gasteiger partial charge in [-0.3, -0.25) is 9.36 Å². The number of fused-ring (bicyclic) bond motifs is 3. The molecule has 0 saturated carbocycles. The van der Waals surface area contributed by atoms with Gasteiger partial charge in [0.05, 0.1) is 17.9 Å². The van der Waals surface area contributed by atoms with Crippen molar-refractivity contribution >= 4 is 27.8 Å². The molecule has 31 heavy (non-hydrogen) atoms. The molecule has 0 aliphatic heterocycles. The molecular weight excluding hydrogens is 388 g/mol. The molecule has 2 aromatic heterocycles. The molecule has 5 nitrogen and oxygen atoms in total. The third-order valence-corrected chi connectivity index (χ3v) is 5.37. The Morgan fingerprint density at radius 1 is 0.903 bits per heavy atom. The highest BCUT2D eigenvalue weighted by Gasteiger charge is 2.27. The molecular formula is C26H20N2O3. The second-order valence-electron chi connectivity index (χ2n) is 7.21. The summed E-state index contributed by atoms with van der Waals surface area (Å²) >= 11 is 0. The molecule has 0 fully saturated rings. The van der Waals surface area contributed by atoms with Gasteiger partial charge in [0.25, 0.3) is 5.56 Å². The standard InChI is InChI=1S/C26H20N2O3/c1-2-31-26(30)22-21-19-15-9-10-16-20(19)27-23(21)25(29)28(18-13-7-4-8-14-18)24(22)17-11-5-3-6-12-17/h3-16,27H,2H2,1H3. The van der Waals surface area contributed by atoms with Crippen LogP contribution in [0.5, 0.6) is 0 Å². The quantitative estimate of drug-likeness (QED) is 0.410. The van der Waals surface area contributed by atoms with Crippen molar-refractivity contribution in [2.24, 2.45) is 0 Å². The first-order valence-corrected chi connectivity index (χ1v) is 10.2. The summed E-state index contributed by atoms with van der Waals surface area (Å²) in [6, 6.07) is 26.5. The molecule has 5 heteroatoms. The van der Waals surface area contributed by atoms with E-state index < -0.39 is 5.97 Å². The summed E-state index contributed by atoms with van der Waals surface area (Å²) in [5.41, 5.74) is 3.30. The highest BCUT2D eigenvalue weighted by atomic mass is 16.5. The van der Waals surface area contributed by atoms with Crippen LogP contribution in [0.25, 0.3) is 38.8 Å². The Kier molecular flexibility index (Phi) is 4.64. The molecule has 0 bridgehead atoms. The highest BCUT2D eigenvalue weighted by molar-refractivity contribution is 6.19. The third kappa shape index (κ3) is 3.02. The normalized spacial score (nSPS) is 11.1. The molecule has 0 atom stereocenters. The van der Waals surface area contributed by atoms with E-state index >= 15 is 0 Å². The number of rotatable bonds is 4. The Bertz CT molecular complexity index is 1470. The monoisotopic (exact) mass is 408 g/mol. The van der Waals surface area contributed by atoms with Crippen LogP contribution >= 0.6 is 0 Å². The number of ether oxygens (including phenoxy) is 1. The zero-order chi connectivity index (χ0) is 21.4. The molecule has 1 N–H and O–H groups in total. The van der Waals surface area contributed by atoms with Crippen LogP contribution in [0.1, 0.15) is 17.3 Å². The van der Waals surface area contributed by atoms with E-state index in [1.165, 1.54) is 0 Å². The lowest BCUT2D eigenvalue weighted by Gasteiger charge is -2.18. The number of carbonyl (C=O) groups is 1. The van der Waals surface area contributed by atoms with Gasteiger partial charge in [-0.05, 0) is 30.7 Å². The number of aromatic nitrogens is 2. The van der Waals surface area contributed by atoms with E-state index in [-0.39, 0.29) is 12.2 Å². The molecule has 5 aromatic rings. The zero-order valence-electron chi connectivity index (χ0n) is 17.0. The summed E-state index contributed by atoms with van der Waals surface area (Å²) in [5.74, 6) is -0.458. The number of nitrogens with zero attached hydrogens (tertiary/aromatic N) is 1. The first-order valence-electron chi connectivity index (χ1n) is 10.2. The van der Waals surface area contributed by atoms with Crippen LogP contribution < -0.4 is 5.56 Å². The van der Waals surface area contributed by atoms with Gasteiger partial charge in [-0.15, -0.1) is 0 Å². The largest absolute Gasteiger partial charge is 0.462 e. The van der Waals surface area contributed by atoms with Crippen LogP contribution in [0.2, 0.25) is 0 Å². The van der Waals surface area contributed by atoms with Crippen molar-refractivity contribution < 1.29 is 9.53 Å². The van der Waals surface area contributed by atoms with E-state index in [0.29, 0.717) is 27.8 Å². The fraction of sp³-hybridized carbons (Fsp3) is 0.0769. The highest BCUT2D eigenvalue weighted by Crippen LogP contribution is 2.35. The molecule has 0 aliphatic carbocycles. The minimum atomic E-state index is -0.458. The zero-order valence-corrected chi connectivity index (χ0v) is 17.0. The van der Waals surface area contributed by atoms with Crippen molar-refractivity contribution in [3.05, 3.63) is 101 Å². The van der Waals surface area contributed by atoms with E-state index in [1.54, 1.807) is 11.5 Å². The summed E-state index contributed by atoms with van der Waals surface area (Å²) in [4.78, 5) is 30.4. The van der Waals surface area contributed by atoms with Gasteiger partial charge in [0.15, 0.2) is 0 Å².